The number of ether oxygens (including phenoxy) is 1. The zero-order valence-corrected chi connectivity index (χ0v) is 10.9. The summed E-state index contributed by atoms with van der Waals surface area (Å²) in [6, 6.07) is 3.84. The topological polar surface area (TPSA) is 66.4 Å². The van der Waals surface area contributed by atoms with Gasteiger partial charge in [0.25, 0.3) is 0 Å². The molecule has 2 atom stereocenters. The summed E-state index contributed by atoms with van der Waals surface area (Å²) < 4.78 is 5.21. The lowest BCUT2D eigenvalue weighted by Crippen LogP contribution is -2.30. The van der Waals surface area contributed by atoms with E-state index in [1.807, 2.05) is 19.1 Å². The van der Waals surface area contributed by atoms with Crippen molar-refractivity contribution >= 4 is 0 Å². The molecule has 1 aliphatic rings. The summed E-state index contributed by atoms with van der Waals surface area (Å²) in [4.78, 5) is 4.44. The zero-order chi connectivity index (χ0) is 13.0. The first kappa shape index (κ1) is 13.3. The minimum absolute atomic E-state index is 0.238. The molecule has 0 amide bonds. The number of rotatable bonds is 5. The molecule has 0 radical (unpaired) electrons. The molecule has 0 saturated carbocycles. The lowest BCUT2D eigenvalue weighted by atomic mass is 10.1. The molecule has 2 rings (SSSR count). The van der Waals surface area contributed by atoms with Gasteiger partial charge in [-0.1, -0.05) is 0 Å². The average molecular weight is 251 g/mol. The number of aliphatic hydroxyl groups excluding tert-OH is 1. The molecule has 0 spiro atoms. The van der Waals surface area contributed by atoms with Crippen LogP contribution in [0.2, 0.25) is 0 Å². The van der Waals surface area contributed by atoms with Gasteiger partial charge in [0.2, 0.25) is 0 Å². The van der Waals surface area contributed by atoms with E-state index >= 15 is 0 Å². The molecule has 3 N–H and O–H groups in total. The molecular weight excluding hydrogens is 230 g/mol. The first-order valence-electron chi connectivity index (χ1n) is 6.30. The minimum atomic E-state index is -0.238. The Kier molecular flexibility index (Phi) is 4.52. The zero-order valence-electron chi connectivity index (χ0n) is 10.9. The second-order valence-corrected chi connectivity index (χ2v) is 4.76. The molecule has 1 aromatic heterocycles. The summed E-state index contributed by atoms with van der Waals surface area (Å²) in [5.74, 6) is 1.12. The summed E-state index contributed by atoms with van der Waals surface area (Å²) in [5, 5.41) is 16.2. The Hall–Kier alpha value is -1.17. The van der Waals surface area contributed by atoms with Crippen LogP contribution in [0.4, 0.5) is 0 Å². The van der Waals surface area contributed by atoms with Crippen LogP contribution >= 0.6 is 0 Å². The van der Waals surface area contributed by atoms with Crippen LogP contribution in [-0.4, -0.2) is 42.9 Å². The predicted molar refractivity (Wildman–Crippen MR) is 69.6 cm³/mol. The number of β-amino-alcohol motifs (C(OH)–C–C–N with tert-alkyl or cyclic N) is 1. The highest BCUT2D eigenvalue weighted by Gasteiger charge is 2.24. The third kappa shape index (κ3) is 3.41. The number of aliphatic hydroxyl groups is 1. The molecule has 2 heterocycles. The molecule has 1 aromatic rings. The van der Waals surface area contributed by atoms with Gasteiger partial charge in [-0.15, -0.1) is 0 Å². The van der Waals surface area contributed by atoms with Crippen LogP contribution in [0.25, 0.3) is 0 Å². The molecule has 100 valence electrons. The molecule has 1 aliphatic heterocycles. The van der Waals surface area contributed by atoms with Crippen molar-refractivity contribution in [2.75, 3.05) is 26.7 Å². The van der Waals surface area contributed by atoms with Crippen molar-refractivity contribution in [3.05, 3.63) is 23.5 Å². The van der Waals surface area contributed by atoms with E-state index in [0.29, 0.717) is 13.1 Å². The molecule has 0 aromatic carbocycles. The van der Waals surface area contributed by atoms with Gasteiger partial charge < -0.3 is 20.5 Å². The van der Waals surface area contributed by atoms with Crippen LogP contribution in [-0.2, 0) is 6.54 Å². The number of hydrogen-bond donors (Lipinski definition) is 3. The maximum atomic E-state index is 9.67. The quantitative estimate of drug-likeness (QED) is 0.691. The molecule has 18 heavy (non-hydrogen) atoms. The number of aromatic nitrogens is 1. The summed E-state index contributed by atoms with van der Waals surface area (Å²) in [7, 11) is 1.66. The van der Waals surface area contributed by atoms with E-state index in [0.717, 1.165) is 30.2 Å². The maximum absolute atomic E-state index is 9.67. The van der Waals surface area contributed by atoms with Crippen LogP contribution in [0.3, 0.4) is 0 Å². The fourth-order valence-electron chi connectivity index (χ4n) is 2.22. The number of nitrogens with one attached hydrogen (secondary N) is 2. The van der Waals surface area contributed by atoms with Crippen LogP contribution in [0.15, 0.2) is 12.1 Å². The first-order chi connectivity index (χ1) is 8.69. The lowest BCUT2D eigenvalue weighted by molar-refractivity contribution is 0.146. The van der Waals surface area contributed by atoms with Crippen LogP contribution < -0.4 is 15.4 Å². The van der Waals surface area contributed by atoms with E-state index in [9.17, 15) is 5.11 Å². The molecule has 1 saturated heterocycles. The van der Waals surface area contributed by atoms with E-state index in [4.69, 9.17) is 4.74 Å². The first-order valence-corrected chi connectivity index (χ1v) is 6.30. The Labute approximate surface area is 108 Å². The molecule has 0 aliphatic carbocycles. The van der Waals surface area contributed by atoms with E-state index in [2.05, 4.69) is 15.6 Å². The normalized spacial score (nSPS) is 23.3. The van der Waals surface area contributed by atoms with Crippen molar-refractivity contribution in [1.29, 1.82) is 0 Å². The molecule has 2 unspecified atom stereocenters. The van der Waals surface area contributed by atoms with E-state index in [1.54, 1.807) is 7.11 Å². The van der Waals surface area contributed by atoms with Gasteiger partial charge in [-0.2, -0.15) is 0 Å². The van der Waals surface area contributed by atoms with Crippen molar-refractivity contribution in [3.63, 3.8) is 0 Å². The number of hydrogen-bond acceptors (Lipinski definition) is 5. The molecule has 0 bridgehead atoms. The fraction of sp³-hybridized carbons (Fsp3) is 0.615. The van der Waals surface area contributed by atoms with E-state index in [1.165, 1.54) is 0 Å². The van der Waals surface area contributed by atoms with Gasteiger partial charge >= 0.3 is 0 Å². The number of methoxy groups -OCH3 is 1. The van der Waals surface area contributed by atoms with Crippen molar-refractivity contribution < 1.29 is 9.84 Å². The smallest absolute Gasteiger partial charge is 0.122 e. The number of pyridine rings is 1. The Morgan fingerprint density at radius 3 is 3.00 bits per heavy atom. The van der Waals surface area contributed by atoms with Gasteiger partial charge in [-0.3, -0.25) is 4.98 Å². The molecule has 5 nitrogen and oxygen atoms in total. The summed E-state index contributed by atoms with van der Waals surface area (Å²) in [6.07, 6.45) is -0.238. The van der Waals surface area contributed by atoms with Crippen molar-refractivity contribution in [1.82, 2.24) is 15.6 Å². The lowest BCUT2D eigenvalue weighted by Gasteiger charge is -2.14. The highest BCUT2D eigenvalue weighted by molar-refractivity contribution is 5.26. The van der Waals surface area contributed by atoms with Crippen molar-refractivity contribution in [2.45, 2.75) is 19.6 Å². The van der Waals surface area contributed by atoms with Gasteiger partial charge in [0, 0.05) is 49.9 Å². The summed E-state index contributed by atoms with van der Waals surface area (Å²) in [5.41, 5.74) is 1.92. The SMILES string of the molecule is COc1cc(C)nc(CNCC2CNCC2O)c1. The van der Waals surface area contributed by atoms with Crippen molar-refractivity contribution in [2.24, 2.45) is 5.92 Å². The van der Waals surface area contributed by atoms with E-state index in [-0.39, 0.29) is 12.0 Å². The van der Waals surface area contributed by atoms with Gasteiger partial charge in [0.05, 0.1) is 18.9 Å². The van der Waals surface area contributed by atoms with Gasteiger partial charge in [-0.25, -0.2) is 0 Å². The van der Waals surface area contributed by atoms with Gasteiger partial charge in [0.1, 0.15) is 5.75 Å². The number of aryl methyl sites for hydroxylation is 1. The van der Waals surface area contributed by atoms with Crippen molar-refractivity contribution in [3.8, 4) is 5.75 Å². The average Bonchev–Trinajstić information content (AvgIpc) is 2.74. The fourth-order valence-corrected chi connectivity index (χ4v) is 2.22. The molecule has 5 heteroatoms. The van der Waals surface area contributed by atoms with Crippen LogP contribution in [0.5, 0.6) is 5.75 Å². The minimum Gasteiger partial charge on any atom is -0.497 e. The van der Waals surface area contributed by atoms with Crippen LogP contribution in [0.1, 0.15) is 11.4 Å². The Morgan fingerprint density at radius 2 is 2.33 bits per heavy atom. The monoisotopic (exact) mass is 251 g/mol. The predicted octanol–water partition coefficient (Wildman–Crippen LogP) is 0.0685. The highest BCUT2D eigenvalue weighted by Crippen LogP contribution is 2.13. The molecule has 1 fully saturated rings. The van der Waals surface area contributed by atoms with E-state index < -0.39 is 0 Å². The molecular formula is C13H21N3O2. The second-order valence-electron chi connectivity index (χ2n) is 4.76. The second kappa shape index (κ2) is 6.13. The van der Waals surface area contributed by atoms with Gasteiger partial charge in [-0.05, 0) is 6.92 Å². The Bertz CT molecular complexity index is 398. The standard InChI is InChI=1S/C13H21N3O2/c1-9-3-12(18-2)4-11(16-9)7-14-5-10-6-15-8-13(10)17/h3-4,10,13-15,17H,5-8H2,1-2H3. The summed E-state index contributed by atoms with van der Waals surface area (Å²) >= 11 is 0. The Balaban J connectivity index is 1.84. The maximum Gasteiger partial charge on any atom is 0.122 e. The third-order valence-corrected chi connectivity index (χ3v) is 3.23. The van der Waals surface area contributed by atoms with Crippen LogP contribution in [0, 0.1) is 12.8 Å². The Morgan fingerprint density at radius 1 is 1.50 bits per heavy atom. The summed E-state index contributed by atoms with van der Waals surface area (Å²) in [6.45, 7) is 5.02. The highest BCUT2D eigenvalue weighted by atomic mass is 16.5. The largest absolute Gasteiger partial charge is 0.497 e. The third-order valence-electron chi connectivity index (χ3n) is 3.23. The number of nitrogens with zero attached hydrogens (tertiary/aromatic N) is 1. The van der Waals surface area contributed by atoms with Gasteiger partial charge in [0.15, 0.2) is 0 Å².